The molecule has 6 rings (SSSR count). The summed E-state index contributed by atoms with van der Waals surface area (Å²) < 4.78 is 35.8. The van der Waals surface area contributed by atoms with Gasteiger partial charge in [0.2, 0.25) is 17.6 Å². The molecule has 3 heterocycles. The third kappa shape index (κ3) is 5.24. The van der Waals surface area contributed by atoms with Crippen molar-refractivity contribution in [1.29, 1.82) is 0 Å². The number of phenols is 1. The van der Waals surface area contributed by atoms with E-state index in [0.29, 0.717) is 46.2 Å². The van der Waals surface area contributed by atoms with E-state index in [-0.39, 0.29) is 24.0 Å². The maximum Gasteiger partial charge on any atom is 0.343 e. The number of likely N-dealkylation sites (N-methyl/N-ethyl adjacent to an activating group) is 1. The average molecular weight is 671 g/mol. The number of methoxy groups -OCH3 is 2. The number of carboxylic acids is 1. The first-order valence-electron chi connectivity index (χ1n) is 15.2. The molecule has 0 aliphatic carbocycles. The number of rotatable bonds is 10. The van der Waals surface area contributed by atoms with Gasteiger partial charge in [-0.25, -0.2) is 4.79 Å². The quantitative estimate of drug-likeness (QED) is 0.138. The Morgan fingerprint density at radius 1 is 1.06 bits per heavy atom. The number of hydrogen-bond acceptors (Lipinski definition) is 14. The summed E-state index contributed by atoms with van der Waals surface area (Å²) in [4.78, 5) is 12.3. The van der Waals surface area contributed by atoms with Gasteiger partial charge in [-0.1, -0.05) is 12.1 Å². The molecule has 0 bridgehead atoms. The lowest BCUT2D eigenvalue weighted by Crippen LogP contribution is -2.74. The number of benzene rings is 3. The van der Waals surface area contributed by atoms with Crippen LogP contribution in [0.1, 0.15) is 28.7 Å². The van der Waals surface area contributed by atoms with E-state index in [0.717, 1.165) is 11.1 Å². The summed E-state index contributed by atoms with van der Waals surface area (Å²) in [6.45, 7) is 0.697. The molecule has 8 unspecified atom stereocenters. The number of carbonyl (C=O) groups is 1. The summed E-state index contributed by atoms with van der Waals surface area (Å²) in [5.41, 5.74) is 0.679. The van der Waals surface area contributed by atoms with Gasteiger partial charge in [0.15, 0.2) is 11.5 Å². The topological polar surface area (TPSA) is 218 Å². The van der Waals surface area contributed by atoms with Crippen LogP contribution in [0.2, 0.25) is 0 Å². The highest BCUT2D eigenvalue weighted by molar-refractivity contribution is 5.80. The van der Waals surface area contributed by atoms with Gasteiger partial charge in [-0.2, -0.15) is 0 Å². The van der Waals surface area contributed by atoms with E-state index in [1.165, 1.54) is 32.4 Å². The molecule has 3 aliphatic rings. The van der Waals surface area contributed by atoms with Crippen LogP contribution in [-0.4, -0.2) is 108 Å². The van der Waals surface area contributed by atoms with E-state index in [1.54, 1.807) is 25.3 Å². The van der Waals surface area contributed by atoms with Crippen molar-refractivity contribution >= 4 is 5.97 Å². The maximum atomic E-state index is 12.3. The molecule has 48 heavy (non-hydrogen) atoms. The van der Waals surface area contributed by atoms with Crippen molar-refractivity contribution in [2.24, 2.45) is 0 Å². The number of aromatic hydroxyl groups is 1. The van der Waals surface area contributed by atoms with Crippen molar-refractivity contribution in [3.8, 4) is 45.6 Å². The van der Waals surface area contributed by atoms with Gasteiger partial charge < -0.3 is 64.4 Å². The van der Waals surface area contributed by atoms with Crippen molar-refractivity contribution in [3.63, 3.8) is 0 Å². The van der Waals surface area contributed by atoms with Gasteiger partial charge in [0.05, 0.1) is 26.7 Å². The normalized spacial score (nSPS) is 27.8. The number of aliphatic hydroxyl groups excluding tert-OH is 4. The minimum absolute atomic E-state index is 0.0158. The predicted molar refractivity (Wildman–Crippen MR) is 166 cm³/mol. The Balaban J connectivity index is 1.46. The average Bonchev–Trinajstić information content (AvgIpc) is 3.47. The van der Waals surface area contributed by atoms with Crippen LogP contribution in [0.4, 0.5) is 0 Å². The molecule has 15 heteroatoms. The standard InChI is InChI=1S/C33H38N2O13/c1-34-12-15-9-21(43-3)27(44-4)28-22(15)19-13-45-20-11-17(10-18(23(20)26(19)47-28)14-6-5-7-16(36)8-14)46-30-25(38)24(37)29(39)33(48-30,32(41)42)31(40)35-2/h5-11,19,24-26,29-31,34-40H,12-13H2,1-4H3,(H,41,42). The molecule has 8 atom stereocenters. The second-order valence-corrected chi connectivity index (χ2v) is 11.8. The van der Waals surface area contributed by atoms with Gasteiger partial charge in [0, 0.05) is 23.7 Å². The van der Waals surface area contributed by atoms with Crippen LogP contribution in [-0.2, 0) is 16.1 Å². The number of aliphatic hydroxyl groups is 4. The zero-order chi connectivity index (χ0) is 34.5. The molecule has 1 fully saturated rings. The molecule has 0 amide bonds. The van der Waals surface area contributed by atoms with E-state index in [2.05, 4.69) is 10.6 Å². The maximum absolute atomic E-state index is 12.3. The van der Waals surface area contributed by atoms with Crippen LogP contribution in [0.5, 0.6) is 34.5 Å². The van der Waals surface area contributed by atoms with Crippen LogP contribution < -0.4 is 34.3 Å². The van der Waals surface area contributed by atoms with Crippen LogP contribution >= 0.6 is 0 Å². The highest BCUT2D eigenvalue weighted by Gasteiger charge is 2.63. The molecular weight excluding hydrogens is 632 g/mol. The molecular formula is C33H38N2O13. The summed E-state index contributed by atoms with van der Waals surface area (Å²) >= 11 is 0. The zero-order valence-electron chi connectivity index (χ0n) is 26.5. The number of hydrogen-bond donors (Lipinski definition) is 8. The van der Waals surface area contributed by atoms with Crippen molar-refractivity contribution < 1.29 is 63.9 Å². The van der Waals surface area contributed by atoms with E-state index in [9.17, 15) is 35.4 Å². The third-order valence-electron chi connectivity index (χ3n) is 9.04. The van der Waals surface area contributed by atoms with E-state index < -0.39 is 48.5 Å². The number of nitrogens with one attached hydrogen (secondary N) is 2. The van der Waals surface area contributed by atoms with E-state index in [4.69, 9.17) is 28.4 Å². The van der Waals surface area contributed by atoms with Gasteiger partial charge in [0.1, 0.15) is 47.9 Å². The Bertz CT molecular complexity index is 1700. The van der Waals surface area contributed by atoms with Crippen molar-refractivity contribution in [2.75, 3.05) is 34.9 Å². The Morgan fingerprint density at radius 2 is 1.83 bits per heavy atom. The van der Waals surface area contributed by atoms with Gasteiger partial charge in [-0.15, -0.1) is 0 Å². The Labute approximate surface area is 275 Å². The monoisotopic (exact) mass is 670 g/mol. The third-order valence-corrected chi connectivity index (χ3v) is 9.04. The van der Waals surface area contributed by atoms with Gasteiger partial charge in [0.25, 0.3) is 0 Å². The lowest BCUT2D eigenvalue weighted by Gasteiger charge is -2.47. The molecule has 15 nitrogen and oxygen atoms in total. The molecule has 8 N–H and O–H groups in total. The van der Waals surface area contributed by atoms with E-state index >= 15 is 0 Å². The number of phenolic OH excluding ortho intramolecular Hbond substituents is 1. The SMILES string of the molecule is CNCc1cc(OC)c(OC)c2c1C1COc3cc(OC4OC(C(=O)O)(C(O)NC)C(O)C(O)C4O)cc(-c4cccc(O)c4)c3C1O2. The summed E-state index contributed by atoms with van der Waals surface area (Å²) in [6, 6.07) is 11.4. The second kappa shape index (κ2) is 12.9. The second-order valence-electron chi connectivity index (χ2n) is 11.8. The molecule has 1 saturated heterocycles. The molecule has 258 valence electrons. The Morgan fingerprint density at radius 3 is 2.48 bits per heavy atom. The van der Waals surface area contributed by atoms with E-state index in [1.807, 2.05) is 13.1 Å². The van der Waals surface area contributed by atoms with Crippen molar-refractivity contribution in [2.45, 2.75) is 55.0 Å². The predicted octanol–water partition coefficient (Wildman–Crippen LogP) is 0.585. The summed E-state index contributed by atoms with van der Waals surface area (Å²) in [7, 11) is 6.13. The fourth-order valence-corrected chi connectivity index (χ4v) is 6.75. The molecule has 0 aromatic heterocycles. The van der Waals surface area contributed by atoms with Gasteiger partial charge >= 0.3 is 5.97 Å². The number of aliphatic carboxylic acids is 1. The highest BCUT2D eigenvalue weighted by Crippen LogP contribution is 2.59. The summed E-state index contributed by atoms with van der Waals surface area (Å²) in [5, 5.41) is 68.5. The Kier molecular flexibility index (Phi) is 9.04. The largest absolute Gasteiger partial charge is 0.508 e. The number of ether oxygens (including phenoxy) is 6. The molecule has 3 aliphatic heterocycles. The minimum Gasteiger partial charge on any atom is -0.508 e. The van der Waals surface area contributed by atoms with Crippen molar-refractivity contribution in [1.82, 2.24) is 10.6 Å². The first-order chi connectivity index (χ1) is 23.0. The first-order valence-corrected chi connectivity index (χ1v) is 15.2. The lowest BCUT2D eigenvalue weighted by atomic mass is 9.83. The number of carboxylic acid groups (broad SMARTS) is 1. The fourth-order valence-electron chi connectivity index (χ4n) is 6.75. The number of fused-ring (bicyclic) bond motifs is 5. The fraction of sp³-hybridized carbons (Fsp3) is 0.424. The zero-order valence-corrected chi connectivity index (χ0v) is 26.5. The summed E-state index contributed by atoms with van der Waals surface area (Å²) in [6.07, 6.45) is -10.7. The Hall–Kier alpha value is -4.35. The van der Waals surface area contributed by atoms with Gasteiger partial charge in [-0.05, 0) is 55.1 Å². The van der Waals surface area contributed by atoms with Crippen LogP contribution in [0, 0.1) is 0 Å². The highest BCUT2D eigenvalue weighted by atomic mass is 16.7. The molecule has 0 radical (unpaired) electrons. The summed E-state index contributed by atoms with van der Waals surface area (Å²) in [5.74, 6) is -0.329. The smallest absolute Gasteiger partial charge is 0.343 e. The minimum atomic E-state index is -2.81. The molecule has 3 aromatic carbocycles. The van der Waals surface area contributed by atoms with Crippen LogP contribution in [0.3, 0.4) is 0 Å². The first kappa shape index (κ1) is 33.5. The van der Waals surface area contributed by atoms with Crippen molar-refractivity contribution in [3.05, 3.63) is 59.2 Å². The van der Waals surface area contributed by atoms with Gasteiger partial charge in [-0.3, -0.25) is 5.32 Å². The lowest BCUT2D eigenvalue weighted by molar-refractivity contribution is -0.327. The van der Waals surface area contributed by atoms with Crippen LogP contribution in [0.25, 0.3) is 11.1 Å². The molecule has 0 saturated carbocycles. The van der Waals surface area contributed by atoms with Crippen LogP contribution in [0.15, 0.2) is 42.5 Å². The molecule has 0 spiro atoms. The molecule has 3 aromatic rings.